The van der Waals surface area contributed by atoms with Gasteiger partial charge >= 0.3 is 0 Å². The van der Waals surface area contributed by atoms with Crippen molar-refractivity contribution in [2.45, 2.75) is 52.4 Å². The second-order valence-corrected chi connectivity index (χ2v) is 7.57. The Morgan fingerprint density at radius 1 is 1.32 bits per heavy atom. The third kappa shape index (κ3) is 3.75. The van der Waals surface area contributed by atoms with Crippen LogP contribution in [0.2, 0.25) is 0 Å². The molecule has 2 aromatic rings. The van der Waals surface area contributed by atoms with Crippen LogP contribution in [-0.4, -0.2) is 22.2 Å². The fraction of sp³-hybridized carbons (Fsp3) is 0.500. The molecule has 0 spiro atoms. The zero-order valence-corrected chi connectivity index (χ0v) is 15.3. The molecular weight excluding hydrogens is 317 g/mol. The molecule has 1 fully saturated rings. The van der Waals surface area contributed by atoms with Crippen LogP contribution in [-0.2, 0) is 0 Å². The van der Waals surface area contributed by atoms with E-state index in [1.165, 1.54) is 12.1 Å². The number of hydrogen-bond donors (Lipinski definition) is 1. The van der Waals surface area contributed by atoms with Gasteiger partial charge in [-0.2, -0.15) is 5.10 Å². The highest BCUT2D eigenvalue weighted by Gasteiger charge is 2.35. The van der Waals surface area contributed by atoms with Crippen molar-refractivity contribution in [2.75, 3.05) is 6.54 Å². The second-order valence-electron chi connectivity index (χ2n) is 7.57. The molecule has 1 N–H and O–H groups in total. The number of carbonyl (C=O) groups excluding carboxylic acids is 1. The SMILES string of the molecule is CC(C)CNC(=O)c1c(C2CC2)nn(-c2cccc(F)c2)c1C(C)C. The third-order valence-corrected chi connectivity index (χ3v) is 4.41. The topological polar surface area (TPSA) is 46.9 Å². The first kappa shape index (κ1) is 17.6. The number of aromatic nitrogens is 2. The Bertz CT molecular complexity index is 775. The van der Waals surface area contributed by atoms with Gasteiger partial charge in [0.25, 0.3) is 5.91 Å². The zero-order chi connectivity index (χ0) is 18.1. The maximum Gasteiger partial charge on any atom is 0.255 e. The summed E-state index contributed by atoms with van der Waals surface area (Å²) in [5.74, 6) is 0.452. The van der Waals surface area contributed by atoms with Crippen molar-refractivity contribution >= 4 is 5.91 Å². The van der Waals surface area contributed by atoms with Gasteiger partial charge in [-0.15, -0.1) is 0 Å². The first-order chi connectivity index (χ1) is 11.9. The largest absolute Gasteiger partial charge is 0.352 e. The highest BCUT2D eigenvalue weighted by Crippen LogP contribution is 2.43. The molecule has 1 aromatic heterocycles. The maximum atomic E-state index is 13.7. The highest BCUT2D eigenvalue weighted by atomic mass is 19.1. The number of benzene rings is 1. The van der Waals surface area contributed by atoms with E-state index < -0.39 is 0 Å². The Morgan fingerprint density at radius 2 is 2.04 bits per heavy atom. The summed E-state index contributed by atoms with van der Waals surface area (Å²) in [5.41, 5.74) is 3.05. The van der Waals surface area contributed by atoms with Crippen LogP contribution in [0, 0.1) is 11.7 Å². The molecule has 1 saturated carbocycles. The van der Waals surface area contributed by atoms with Gasteiger partial charge in [0.05, 0.1) is 22.6 Å². The predicted octanol–water partition coefficient (Wildman–Crippen LogP) is 4.40. The number of nitrogens with one attached hydrogen (secondary N) is 1. The van der Waals surface area contributed by atoms with E-state index in [1.807, 2.05) is 19.9 Å². The smallest absolute Gasteiger partial charge is 0.255 e. The summed E-state index contributed by atoms with van der Waals surface area (Å²) in [6.07, 6.45) is 2.12. The average molecular weight is 343 g/mol. The van der Waals surface area contributed by atoms with Crippen LogP contribution in [0.1, 0.15) is 74.1 Å². The van der Waals surface area contributed by atoms with E-state index in [9.17, 15) is 9.18 Å². The van der Waals surface area contributed by atoms with Gasteiger partial charge in [-0.3, -0.25) is 4.79 Å². The molecule has 1 aliphatic rings. The fourth-order valence-corrected chi connectivity index (χ4v) is 3.05. The van der Waals surface area contributed by atoms with E-state index in [0.29, 0.717) is 29.6 Å². The average Bonchev–Trinajstić information content (AvgIpc) is 3.31. The predicted molar refractivity (Wildman–Crippen MR) is 96.8 cm³/mol. The molecule has 4 nitrogen and oxygen atoms in total. The molecule has 0 unspecified atom stereocenters. The first-order valence-electron chi connectivity index (χ1n) is 9.05. The summed E-state index contributed by atoms with van der Waals surface area (Å²) in [6, 6.07) is 6.38. The molecule has 0 atom stereocenters. The van der Waals surface area contributed by atoms with Gasteiger partial charge in [-0.25, -0.2) is 9.07 Å². The monoisotopic (exact) mass is 343 g/mol. The Hall–Kier alpha value is -2.17. The van der Waals surface area contributed by atoms with Crippen LogP contribution in [0.3, 0.4) is 0 Å². The van der Waals surface area contributed by atoms with Crippen molar-refractivity contribution in [2.24, 2.45) is 5.92 Å². The number of nitrogens with zero attached hydrogens (tertiary/aromatic N) is 2. The van der Waals surface area contributed by atoms with Crippen LogP contribution in [0.5, 0.6) is 0 Å². The van der Waals surface area contributed by atoms with Gasteiger partial charge in [0.15, 0.2) is 0 Å². The van der Waals surface area contributed by atoms with Gasteiger partial charge in [-0.1, -0.05) is 33.8 Å². The molecule has 1 heterocycles. The zero-order valence-electron chi connectivity index (χ0n) is 15.3. The van der Waals surface area contributed by atoms with E-state index >= 15 is 0 Å². The minimum Gasteiger partial charge on any atom is -0.352 e. The maximum absolute atomic E-state index is 13.7. The summed E-state index contributed by atoms with van der Waals surface area (Å²) in [4.78, 5) is 12.9. The standard InChI is InChI=1S/C20H26FN3O/c1-12(2)11-22-20(25)17-18(14-8-9-14)23-24(19(17)13(3)4)16-7-5-6-15(21)10-16/h5-7,10,12-14H,8-9,11H2,1-4H3,(H,22,25). The normalized spacial score (nSPS) is 14.4. The molecule has 3 rings (SSSR count). The van der Waals surface area contributed by atoms with Gasteiger partial charge in [0.2, 0.25) is 0 Å². The van der Waals surface area contributed by atoms with Gasteiger partial charge in [-0.05, 0) is 42.9 Å². The van der Waals surface area contributed by atoms with Crippen molar-refractivity contribution in [1.82, 2.24) is 15.1 Å². The van der Waals surface area contributed by atoms with Crippen LogP contribution in [0.4, 0.5) is 4.39 Å². The van der Waals surface area contributed by atoms with Crippen LogP contribution in [0.15, 0.2) is 24.3 Å². The fourth-order valence-electron chi connectivity index (χ4n) is 3.05. The number of halogens is 1. The Balaban J connectivity index is 2.10. The van der Waals surface area contributed by atoms with Gasteiger partial charge in [0, 0.05) is 12.5 Å². The molecule has 25 heavy (non-hydrogen) atoms. The van der Waals surface area contributed by atoms with Crippen molar-refractivity contribution in [3.63, 3.8) is 0 Å². The second kappa shape index (κ2) is 6.98. The summed E-state index contributed by atoms with van der Waals surface area (Å²) in [5, 5.41) is 7.77. The van der Waals surface area contributed by atoms with Crippen LogP contribution in [0.25, 0.3) is 5.69 Å². The quantitative estimate of drug-likeness (QED) is 0.845. The van der Waals surface area contributed by atoms with Crippen molar-refractivity contribution < 1.29 is 9.18 Å². The molecule has 5 heteroatoms. The molecule has 0 aliphatic heterocycles. The minimum absolute atomic E-state index is 0.0676. The van der Waals surface area contributed by atoms with E-state index in [-0.39, 0.29) is 17.6 Å². The van der Waals surface area contributed by atoms with E-state index in [0.717, 1.165) is 24.2 Å². The molecule has 1 aliphatic carbocycles. The molecule has 0 radical (unpaired) electrons. The lowest BCUT2D eigenvalue weighted by atomic mass is 10.0. The lowest BCUT2D eigenvalue weighted by Crippen LogP contribution is -2.29. The van der Waals surface area contributed by atoms with Gasteiger partial charge in [0.1, 0.15) is 5.82 Å². The summed E-state index contributed by atoms with van der Waals surface area (Å²) in [7, 11) is 0. The van der Waals surface area contributed by atoms with Crippen LogP contribution < -0.4 is 5.32 Å². The Morgan fingerprint density at radius 3 is 2.60 bits per heavy atom. The Labute approximate surface area is 148 Å². The van der Waals surface area contributed by atoms with Crippen LogP contribution >= 0.6 is 0 Å². The summed E-state index contributed by atoms with van der Waals surface area (Å²) in [6.45, 7) is 8.86. The minimum atomic E-state index is -0.304. The Kier molecular flexibility index (Phi) is 4.93. The molecule has 0 saturated heterocycles. The molecule has 1 aromatic carbocycles. The molecule has 134 valence electrons. The molecular formula is C20H26FN3O. The lowest BCUT2D eigenvalue weighted by molar-refractivity contribution is 0.0946. The molecule has 0 bridgehead atoms. The summed E-state index contributed by atoms with van der Waals surface area (Å²) < 4.78 is 15.5. The molecule has 1 amide bonds. The highest BCUT2D eigenvalue weighted by molar-refractivity contribution is 5.97. The van der Waals surface area contributed by atoms with Crippen molar-refractivity contribution in [1.29, 1.82) is 0 Å². The van der Waals surface area contributed by atoms with Crippen molar-refractivity contribution in [3.05, 3.63) is 47.0 Å². The number of amides is 1. The first-order valence-corrected chi connectivity index (χ1v) is 9.05. The number of hydrogen-bond acceptors (Lipinski definition) is 2. The van der Waals surface area contributed by atoms with E-state index in [4.69, 9.17) is 5.10 Å². The van der Waals surface area contributed by atoms with E-state index in [1.54, 1.807) is 10.7 Å². The van der Waals surface area contributed by atoms with Crippen molar-refractivity contribution in [3.8, 4) is 5.69 Å². The van der Waals surface area contributed by atoms with E-state index in [2.05, 4.69) is 19.2 Å². The number of rotatable bonds is 6. The third-order valence-electron chi connectivity index (χ3n) is 4.41. The lowest BCUT2D eigenvalue weighted by Gasteiger charge is -2.14. The van der Waals surface area contributed by atoms with Gasteiger partial charge < -0.3 is 5.32 Å². The number of carbonyl (C=O) groups is 1. The summed E-state index contributed by atoms with van der Waals surface area (Å²) >= 11 is 0.